The Morgan fingerprint density at radius 2 is 1.87 bits per heavy atom. The minimum Gasteiger partial charge on any atom is -0.451 e. The van der Waals surface area contributed by atoms with Gasteiger partial charge in [0.15, 0.2) is 5.76 Å². The molecular formula is C17H12F3NO2. The van der Waals surface area contributed by atoms with Gasteiger partial charge in [0.25, 0.3) is 5.91 Å². The zero-order chi connectivity index (χ0) is 16.6. The van der Waals surface area contributed by atoms with Crippen molar-refractivity contribution in [2.24, 2.45) is 0 Å². The van der Waals surface area contributed by atoms with Crippen LogP contribution in [0.3, 0.4) is 0 Å². The van der Waals surface area contributed by atoms with Gasteiger partial charge in [-0.05, 0) is 42.8 Å². The maximum atomic E-state index is 12.7. The van der Waals surface area contributed by atoms with E-state index in [0.29, 0.717) is 5.58 Å². The number of amides is 1. The number of furan rings is 1. The van der Waals surface area contributed by atoms with Crippen LogP contribution in [0.25, 0.3) is 11.0 Å². The van der Waals surface area contributed by atoms with Crippen LogP contribution >= 0.6 is 0 Å². The van der Waals surface area contributed by atoms with Gasteiger partial charge in [0.1, 0.15) is 5.58 Å². The van der Waals surface area contributed by atoms with Gasteiger partial charge in [-0.1, -0.05) is 18.2 Å². The summed E-state index contributed by atoms with van der Waals surface area (Å²) < 4.78 is 43.5. The van der Waals surface area contributed by atoms with Crippen LogP contribution in [0.2, 0.25) is 0 Å². The van der Waals surface area contributed by atoms with Crippen molar-refractivity contribution >= 4 is 22.6 Å². The van der Waals surface area contributed by atoms with Gasteiger partial charge in [-0.2, -0.15) is 13.2 Å². The summed E-state index contributed by atoms with van der Waals surface area (Å²) in [6.07, 6.45) is -4.46. The number of benzene rings is 2. The number of halogens is 3. The van der Waals surface area contributed by atoms with Crippen molar-refractivity contribution in [2.45, 2.75) is 13.1 Å². The Kier molecular flexibility index (Phi) is 3.60. The van der Waals surface area contributed by atoms with E-state index in [1.807, 2.05) is 19.1 Å². The Morgan fingerprint density at radius 3 is 2.61 bits per heavy atom. The summed E-state index contributed by atoms with van der Waals surface area (Å²) >= 11 is 0. The molecule has 6 heteroatoms. The molecular weight excluding hydrogens is 307 g/mol. The van der Waals surface area contributed by atoms with Gasteiger partial charge in [0.2, 0.25) is 0 Å². The van der Waals surface area contributed by atoms with E-state index in [1.165, 1.54) is 12.1 Å². The van der Waals surface area contributed by atoms with Gasteiger partial charge in [-0.3, -0.25) is 4.79 Å². The molecule has 0 radical (unpaired) electrons. The molecule has 0 bridgehead atoms. The van der Waals surface area contributed by atoms with Gasteiger partial charge in [-0.25, -0.2) is 0 Å². The highest BCUT2D eigenvalue weighted by molar-refractivity contribution is 6.04. The first-order valence-corrected chi connectivity index (χ1v) is 6.82. The van der Waals surface area contributed by atoms with Gasteiger partial charge in [0, 0.05) is 11.1 Å². The molecule has 0 fully saturated rings. The lowest BCUT2D eigenvalue weighted by Gasteiger charge is -2.09. The second kappa shape index (κ2) is 5.46. The highest BCUT2D eigenvalue weighted by Crippen LogP contribution is 2.31. The summed E-state index contributed by atoms with van der Waals surface area (Å²) in [6, 6.07) is 11.5. The largest absolute Gasteiger partial charge is 0.451 e. The molecule has 1 heterocycles. The maximum absolute atomic E-state index is 12.7. The average Bonchev–Trinajstić information content (AvgIpc) is 2.90. The standard InChI is InChI=1S/C17H12F3NO2/c1-10-5-6-11-8-15(23-14(11)7-10)16(22)21-13-4-2-3-12(9-13)17(18,19)20/h2-9H,1H3,(H,21,22). The van der Waals surface area contributed by atoms with Crippen molar-refractivity contribution in [1.29, 1.82) is 0 Å². The third kappa shape index (κ3) is 3.21. The summed E-state index contributed by atoms with van der Waals surface area (Å²) in [7, 11) is 0. The highest BCUT2D eigenvalue weighted by Gasteiger charge is 2.30. The molecule has 23 heavy (non-hydrogen) atoms. The first-order valence-electron chi connectivity index (χ1n) is 6.82. The Balaban J connectivity index is 1.86. The molecule has 0 aliphatic heterocycles. The van der Waals surface area contributed by atoms with Crippen LogP contribution in [0.5, 0.6) is 0 Å². The Hall–Kier alpha value is -2.76. The SMILES string of the molecule is Cc1ccc2cc(C(=O)Nc3cccc(C(F)(F)F)c3)oc2c1. The lowest BCUT2D eigenvalue weighted by Crippen LogP contribution is -2.12. The van der Waals surface area contributed by atoms with E-state index in [4.69, 9.17) is 4.42 Å². The summed E-state index contributed by atoms with van der Waals surface area (Å²) in [5, 5.41) is 3.17. The maximum Gasteiger partial charge on any atom is 0.416 e. The van der Waals surface area contributed by atoms with Gasteiger partial charge in [0.05, 0.1) is 5.56 Å². The Morgan fingerprint density at radius 1 is 1.09 bits per heavy atom. The van der Waals surface area contributed by atoms with E-state index in [1.54, 1.807) is 12.1 Å². The quantitative estimate of drug-likeness (QED) is 0.721. The van der Waals surface area contributed by atoms with E-state index >= 15 is 0 Å². The first kappa shape index (κ1) is 15.1. The topological polar surface area (TPSA) is 42.2 Å². The number of carbonyl (C=O) groups excluding carboxylic acids is 1. The van der Waals surface area contributed by atoms with Crippen LogP contribution in [-0.2, 0) is 6.18 Å². The van der Waals surface area contributed by atoms with E-state index in [-0.39, 0.29) is 11.4 Å². The Labute approximate surface area is 129 Å². The molecule has 0 unspecified atom stereocenters. The fourth-order valence-electron chi connectivity index (χ4n) is 2.22. The van der Waals surface area contributed by atoms with Crippen LogP contribution in [0.15, 0.2) is 52.9 Å². The molecule has 0 spiro atoms. The minimum atomic E-state index is -4.46. The predicted octanol–water partition coefficient (Wildman–Crippen LogP) is 5.01. The second-order valence-electron chi connectivity index (χ2n) is 5.18. The highest BCUT2D eigenvalue weighted by atomic mass is 19.4. The third-order valence-electron chi connectivity index (χ3n) is 3.35. The molecule has 0 aliphatic rings. The Bertz CT molecular complexity index is 881. The smallest absolute Gasteiger partial charge is 0.416 e. The molecule has 0 saturated carbocycles. The van der Waals surface area contributed by atoms with E-state index in [2.05, 4.69) is 5.32 Å². The lowest BCUT2D eigenvalue weighted by molar-refractivity contribution is -0.137. The average molecular weight is 319 g/mol. The number of aryl methyl sites for hydroxylation is 1. The molecule has 1 amide bonds. The zero-order valence-electron chi connectivity index (χ0n) is 12.1. The number of fused-ring (bicyclic) bond motifs is 1. The van der Waals surface area contributed by atoms with Crippen molar-refractivity contribution in [3.05, 3.63) is 65.4 Å². The van der Waals surface area contributed by atoms with Crippen molar-refractivity contribution < 1.29 is 22.4 Å². The second-order valence-corrected chi connectivity index (χ2v) is 5.18. The van der Waals surface area contributed by atoms with Gasteiger partial charge >= 0.3 is 6.18 Å². The molecule has 3 rings (SSSR count). The monoisotopic (exact) mass is 319 g/mol. The number of alkyl halides is 3. The number of anilines is 1. The third-order valence-corrected chi connectivity index (χ3v) is 3.35. The number of carbonyl (C=O) groups is 1. The summed E-state index contributed by atoms with van der Waals surface area (Å²) in [5.74, 6) is -0.554. The van der Waals surface area contributed by atoms with E-state index in [9.17, 15) is 18.0 Å². The molecule has 2 aromatic carbocycles. The fraction of sp³-hybridized carbons (Fsp3) is 0.118. The summed E-state index contributed by atoms with van der Waals surface area (Å²) in [6.45, 7) is 1.89. The number of nitrogens with one attached hydrogen (secondary N) is 1. The van der Waals surface area contributed by atoms with Crippen LogP contribution < -0.4 is 5.32 Å². The molecule has 0 saturated heterocycles. The molecule has 1 N–H and O–H groups in total. The first-order chi connectivity index (χ1) is 10.8. The van der Waals surface area contributed by atoms with Crippen LogP contribution in [-0.4, -0.2) is 5.91 Å². The molecule has 1 aromatic heterocycles. The molecule has 0 aliphatic carbocycles. The molecule has 3 aromatic rings. The molecule has 0 atom stereocenters. The summed E-state index contributed by atoms with van der Waals surface area (Å²) in [5.41, 5.74) is 0.771. The number of rotatable bonds is 2. The van der Waals surface area contributed by atoms with E-state index < -0.39 is 17.6 Å². The van der Waals surface area contributed by atoms with Crippen molar-refractivity contribution in [3.8, 4) is 0 Å². The van der Waals surface area contributed by atoms with Crippen LogP contribution in [0.4, 0.5) is 18.9 Å². The zero-order valence-corrected chi connectivity index (χ0v) is 12.1. The minimum absolute atomic E-state index is 0.0445. The van der Waals surface area contributed by atoms with Gasteiger partial charge in [-0.15, -0.1) is 0 Å². The predicted molar refractivity (Wildman–Crippen MR) is 80.3 cm³/mol. The number of hydrogen-bond acceptors (Lipinski definition) is 2. The normalized spacial score (nSPS) is 11.7. The van der Waals surface area contributed by atoms with Crippen LogP contribution in [0, 0.1) is 6.92 Å². The lowest BCUT2D eigenvalue weighted by atomic mass is 10.2. The van der Waals surface area contributed by atoms with Crippen molar-refractivity contribution in [3.63, 3.8) is 0 Å². The molecule has 118 valence electrons. The van der Waals surface area contributed by atoms with Crippen molar-refractivity contribution in [1.82, 2.24) is 0 Å². The van der Waals surface area contributed by atoms with Crippen LogP contribution in [0.1, 0.15) is 21.7 Å². The fourth-order valence-corrected chi connectivity index (χ4v) is 2.22. The van der Waals surface area contributed by atoms with Gasteiger partial charge < -0.3 is 9.73 Å². The van der Waals surface area contributed by atoms with Crippen molar-refractivity contribution in [2.75, 3.05) is 5.32 Å². The number of hydrogen-bond donors (Lipinski definition) is 1. The van der Waals surface area contributed by atoms with E-state index in [0.717, 1.165) is 23.1 Å². The summed E-state index contributed by atoms with van der Waals surface area (Å²) in [4.78, 5) is 12.1. The molecule has 3 nitrogen and oxygen atoms in total.